The minimum Gasteiger partial charge on any atom is -0.382 e. The van der Waals surface area contributed by atoms with Gasteiger partial charge in [0.25, 0.3) is 0 Å². The number of nitrogens with one attached hydrogen (secondary N) is 2. The van der Waals surface area contributed by atoms with Crippen LogP contribution in [-0.4, -0.2) is 47.4 Å². The Kier molecular flexibility index (Phi) is 6.24. The summed E-state index contributed by atoms with van der Waals surface area (Å²) in [4.78, 5) is 3.38. The van der Waals surface area contributed by atoms with Crippen LogP contribution in [-0.2, 0) is 25.9 Å². The average molecular weight is 437 g/mol. The van der Waals surface area contributed by atoms with Gasteiger partial charge in [-0.1, -0.05) is 0 Å². The summed E-state index contributed by atoms with van der Waals surface area (Å²) in [5.74, 6) is 0.227. The monoisotopic (exact) mass is 437 g/mol. The van der Waals surface area contributed by atoms with E-state index in [1.165, 1.54) is 18.2 Å². The second kappa shape index (κ2) is 7.95. The van der Waals surface area contributed by atoms with E-state index >= 15 is 0 Å². The molecule has 2 rings (SSSR count). The average Bonchev–Trinajstić information content (AvgIpc) is 2.56. The lowest BCUT2D eigenvalue weighted by atomic mass is 10.3. The van der Waals surface area contributed by atoms with Gasteiger partial charge in [-0.2, -0.15) is 13.2 Å². The summed E-state index contributed by atoms with van der Waals surface area (Å²) in [5, 5.41) is 5.66. The summed E-state index contributed by atoms with van der Waals surface area (Å²) in [7, 11) is -7.26. The highest BCUT2D eigenvalue weighted by atomic mass is 32.2. The van der Waals surface area contributed by atoms with E-state index in [0.29, 0.717) is 6.20 Å². The molecule has 0 saturated carbocycles. The molecule has 1 aromatic heterocycles. The minimum atomic E-state index is -4.47. The molecule has 2 N–H and O–H groups in total. The van der Waals surface area contributed by atoms with Crippen LogP contribution in [0.5, 0.6) is 0 Å². The van der Waals surface area contributed by atoms with Gasteiger partial charge in [0.1, 0.15) is 5.82 Å². The van der Waals surface area contributed by atoms with Crippen molar-refractivity contribution in [2.45, 2.75) is 16.0 Å². The molecular weight excluding hydrogens is 419 g/mol. The molecule has 0 unspecified atom stereocenters. The largest absolute Gasteiger partial charge is 0.417 e. The molecule has 154 valence electrons. The molecule has 12 heteroatoms. The van der Waals surface area contributed by atoms with Crippen molar-refractivity contribution in [1.82, 2.24) is 4.98 Å². The number of aromatic nitrogens is 1. The molecule has 0 atom stereocenters. The Hall–Kier alpha value is -2.34. The Morgan fingerprint density at radius 1 is 0.929 bits per heavy atom. The first-order valence-electron chi connectivity index (χ1n) is 7.83. The predicted molar refractivity (Wildman–Crippen MR) is 98.9 cm³/mol. The third-order valence-corrected chi connectivity index (χ3v) is 5.87. The Labute approximate surface area is 160 Å². The van der Waals surface area contributed by atoms with E-state index < -0.39 is 31.4 Å². The zero-order chi connectivity index (χ0) is 21.2. The maximum Gasteiger partial charge on any atom is 0.417 e. The lowest BCUT2D eigenvalue weighted by Gasteiger charge is -2.13. The van der Waals surface area contributed by atoms with Gasteiger partial charge in [-0.05, 0) is 30.3 Å². The van der Waals surface area contributed by atoms with E-state index in [1.54, 1.807) is 0 Å². The van der Waals surface area contributed by atoms with Gasteiger partial charge in [0.05, 0.1) is 21.0 Å². The van der Waals surface area contributed by atoms with Gasteiger partial charge in [-0.25, -0.2) is 21.8 Å². The molecular formula is C16H18F3N3O4S2. The Morgan fingerprint density at radius 2 is 1.57 bits per heavy atom. The quantitative estimate of drug-likeness (QED) is 0.641. The number of sulfone groups is 2. The van der Waals surface area contributed by atoms with Crippen LogP contribution in [0.2, 0.25) is 0 Å². The highest BCUT2D eigenvalue weighted by Crippen LogP contribution is 2.29. The van der Waals surface area contributed by atoms with Crippen LogP contribution in [0.25, 0.3) is 0 Å². The number of halogens is 3. The van der Waals surface area contributed by atoms with Gasteiger partial charge >= 0.3 is 6.18 Å². The maximum absolute atomic E-state index is 12.5. The van der Waals surface area contributed by atoms with Crippen LogP contribution >= 0.6 is 0 Å². The topological polar surface area (TPSA) is 105 Å². The van der Waals surface area contributed by atoms with Crippen molar-refractivity contribution in [3.8, 4) is 0 Å². The van der Waals surface area contributed by atoms with Crippen molar-refractivity contribution in [2.24, 2.45) is 0 Å². The standard InChI is InChI=1S/C16H18F3N3O4S2/c1-27(23,24)12-4-5-13(14(9-12)28(2,25)26)20-7-8-21-15-6-3-11(10-22-15)16(17,18)19/h3-6,9-10,20H,7-8H2,1-2H3,(H,21,22). The Balaban J connectivity index is 2.05. The number of hydrogen-bond acceptors (Lipinski definition) is 7. The molecule has 0 fully saturated rings. The Bertz CT molecular complexity index is 1050. The maximum atomic E-state index is 12.5. The SMILES string of the molecule is CS(=O)(=O)c1ccc(NCCNc2ccc(C(F)(F)F)cn2)c(S(C)(=O)=O)c1. The summed E-state index contributed by atoms with van der Waals surface area (Å²) < 4.78 is 84.6. The van der Waals surface area contributed by atoms with Crippen LogP contribution in [0.4, 0.5) is 24.7 Å². The molecule has 0 amide bonds. The van der Waals surface area contributed by atoms with Crippen molar-refractivity contribution in [3.63, 3.8) is 0 Å². The smallest absolute Gasteiger partial charge is 0.382 e. The summed E-state index contributed by atoms with van der Waals surface area (Å²) >= 11 is 0. The molecule has 0 radical (unpaired) electrons. The number of pyridine rings is 1. The fourth-order valence-electron chi connectivity index (χ4n) is 2.24. The fourth-order valence-corrected chi connectivity index (χ4v) is 3.84. The summed E-state index contributed by atoms with van der Waals surface area (Å²) in [5.41, 5.74) is -0.642. The summed E-state index contributed by atoms with van der Waals surface area (Å²) in [6, 6.07) is 5.80. The first-order valence-corrected chi connectivity index (χ1v) is 11.6. The molecule has 0 aliphatic rings. The first kappa shape index (κ1) is 22.0. The lowest BCUT2D eigenvalue weighted by molar-refractivity contribution is -0.137. The van der Waals surface area contributed by atoms with Crippen LogP contribution in [0.15, 0.2) is 46.3 Å². The predicted octanol–water partition coefficient (Wildman–Crippen LogP) is 2.43. The molecule has 2 aromatic rings. The number of anilines is 2. The van der Waals surface area contributed by atoms with E-state index in [2.05, 4.69) is 15.6 Å². The van der Waals surface area contributed by atoms with Crippen LogP contribution in [0.3, 0.4) is 0 Å². The second-order valence-corrected chi connectivity index (χ2v) is 9.99. The summed E-state index contributed by atoms with van der Waals surface area (Å²) in [6.45, 7) is 0.443. The van der Waals surface area contributed by atoms with E-state index in [1.807, 2.05) is 0 Å². The molecule has 0 saturated heterocycles. The van der Waals surface area contributed by atoms with Gasteiger partial charge in [0.2, 0.25) is 0 Å². The lowest BCUT2D eigenvalue weighted by Crippen LogP contribution is -2.16. The van der Waals surface area contributed by atoms with E-state index in [9.17, 15) is 30.0 Å². The number of nitrogens with zero attached hydrogens (tertiary/aromatic N) is 1. The zero-order valence-electron chi connectivity index (χ0n) is 14.9. The molecule has 7 nitrogen and oxygen atoms in total. The van der Waals surface area contributed by atoms with Crippen molar-refractivity contribution >= 4 is 31.2 Å². The minimum absolute atomic E-state index is 0.120. The number of benzene rings is 1. The van der Waals surface area contributed by atoms with Crippen molar-refractivity contribution in [3.05, 3.63) is 42.1 Å². The molecule has 0 spiro atoms. The van der Waals surface area contributed by atoms with Gasteiger partial charge in [-0.15, -0.1) is 0 Å². The first-order chi connectivity index (χ1) is 12.8. The summed E-state index contributed by atoms with van der Waals surface area (Å²) in [6.07, 6.45) is -1.82. The zero-order valence-corrected chi connectivity index (χ0v) is 16.5. The van der Waals surface area contributed by atoms with Crippen LogP contribution in [0, 0.1) is 0 Å². The number of alkyl halides is 3. The third-order valence-electron chi connectivity index (χ3n) is 3.62. The normalized spacial score (nSPS) is 12.6. The molecule has 1 aromatic carbocycles. The van der Waals surface area contributed by atoms with Gasteiger partial charge in [-0.3, -0.25) is 0 Å². The highest BCUT2D eigenvalue weighted by Gasteiger charge is 2.30. The molecule has 0 aliphatic heterocycles. The van der Waals surface area contributed by atoms with Crippen molar-refractivity contribution < 1.29 is 30.0 Å². The van der Waals surface area contributed by atoms with Crippen LogP contribution in [0.1, 0.15) is 5.56 Å². The number of rotatable bonds is 7. The highest BCUT2D eigenvalue weighted by molar-refractivity contribution is 7.91. The molecule has 1 heterocycles. The number of hydrogen-bond donors (Lipinski definition) is 2. The molecule has 0 aliphatic carbocycles. The molecule has 28 heavy (non-hydrogen) atoms. The third kappa shape index (κ3) is 5.83. The van der Waals surface area contributed by atoms with Gasteiger partial charge in [0.15, 0.2) is 19.7 Å². The van der Waals surface area contributed by atoms with E-state index in [0.717, 1.165) is 24.6 Å². The van der Waals surface area contributed by atoms with Crippen molar-refractivity contribution in [2.75, 3.05) is 36.2 Å². The Morgan fingerprint density at radius 3 is 2.07 bits per heavy atom. The molecule has 0 bridgehead atoms. The van der Waals surface area contributed by atoms with Crippen LogP contribution < -0.4 is 10.6 Å². The van der Waals surface area contributed by atoms with Gasteiger partial charge < -0.3 is 10.6 Å². The van der Waals surface area contributed by atoms with Crippen molar-refractivity contribution in [1.29, 1.82) is 0 Å². The second-order valence-electron chi connectivity index (χ2n) is 5.99. The van der Waals surface area contributed by atoms with Gasteiger partial charge in [0, 0.05) is 31.8 Å². The fraction of sp³-hybridized carbons (Fsp3) is 0.312. The van der Waals surface area contributed by atoms with E-state index in [4.69, 9.17) is 0 Å². The van der Waals surface area contributed by atoms with E-state index in [-0.39, 0.29) is 34.4 Å².